The van der Waals surface area contributed by atoms with Crippen molar-refractivity contribution in [1.82, 2.24) is 10.2 Å². The molecule has 2 aliphatic rings. The predicted molar refractivity (Wildman–Crippen MR) is 98.1 cm³/mol. The molecule has 1 N–H and O–H groups in total. The minimum atomic E-state index is -2.84. The Balaban J connectivity index is 1.83. The third-order valence-corrected chi connectivity index (χ3v) is 5.56. The zero-order valence-electron chi connectivity index (χ0n) is 13.8. The number of rotatable bonds is 6. The average Bonchev–Trinajstić information content (AvgIpc) is 2.85. The molecule has 1 aromatic rings. The highest BCUT2D eigenvalue weighted by atomic mass is 32.2. The first-order valence-electron chi connectivity index (χ1n) is 8.21. The number of fused-ring (bicyclic) bond motifs is 1. The summed E-state index contributed by atoms with van der Waals surface area (Å²) in [6.45, 7) is -2.84. The number of thioether (sulfide) groups is 1. The van der Waals surface area contributed by atoms with E-state index in [1.54, 1.807) is 28.8 Å². The van der Waals surface area contributed by atoms with E-state index in [-0.39, 0.29) is 23.7 Å². The van der Waals surface area contributed by atoms with Crippen LogP contribution in [0, 0.1) is 0 Å². The summed E-state index contributed by atoms with van der Waals surface area (Å²) in [6, 6.07) is 4.55. The van der Waals surface area contributed by atoms with Crippen LogP contribution in [-0.4, -0.2) is 40.6 Å². The first-order chi connectivity index (χ1) is 12.0. The van der Waals surface area contributed by atoms with Gasteiger partial charge in [0, 0.05) is 0 Å². The van der Waals surface area contributed by atoms with Crippen molar-refractivity contribution in [2.75, 3.05) is 12.0 Å². The Morgan fingerprint density at radius 1 is 1.48 bits per heavy atom. The molecule has 0 spiro atoms. The van der Waals surface area contributed by atoms with Gasteiger partial charge in [-0.1, -0.05) is 6.07 Å². The molecule has 1 heterocycles. The Kier molecular flexibility index (Phi) is 5.78. The summed E-state index contributed by atoms with van der Waals surface area (Å²) in [5.74, 6) is 1.04. The van der Waals surface area contributed by atoms with Crippen LogP contribution in [0.15, 0.2) is 18.2 Å². The van der Waals surface area contributed by atoms with Crippen LogP contribution in [0.1, 0.15) is 36.4 Å². The van der Waals surface area contributed by atoms with Gasteiger partial charge in [-0.2, -0.15) is 20.5 Å². The van der Waals surface area contributed by atoms with Gasteiger partial charge in [-0.25, -0.2) is 0 Å². The number of thiocarbonyl (C=S) groups is 1. The second-order valence-electron chi connectivity index (χ2n) is 6.14. The second kappa shape index (κ2) is 7.86. The Bertz CT molecular complexity index is 672. The number of nitrogens with one attached hydrogen (secondary N) is 1. The average molecular weight is 386 g/mol. The summed E-state index contributed by atoms with van der Waals surface area (Å²) < 4.78 is 29.3. The van der Waals surface area contributed by atoms with Crippen LogP contribution in [0.5, 0.6) is 5.75 Å². The molecule has 0 aromatic heterocycles. The van der Waals surface area contributed by atoms with E-state index in [0.29, 0.717) is 5.11 Å². The summed E-state index contributed by atoms with van der Waals surface area (Å²) >= 11 is 7.10. The number of carbonyl (C=O) groups is 1. The molecular formula is C17H20F2N2O2S2. The molecule has 25 heavy (non-hydrogen) atoms. The number of benzene rings is 1. The van der Waals surface area contributed by atoms with E-state index in [1.807, 2.05) is 6.26 Å². The van der Waals surface area contributed by atoms with Crippen molar-refractivity contribution in [3.05, 3.63) is 29.3 Å². The number of ether oxygens (including phenoxy) is 1. The Labute approximate surface area is 155 Å². The molecule has 0 radical (unpaired) electrons. The summed E-state index contributed by atoms with van der Waals surface area (Å²) in [7, 11) is 0. The quantitative estimate of drug-likeness (QED) is 0.758. The molecular weight excluding hydrogens is 366 g/mol. The maximum atomic E-state index is 12.8. The number of halogens is 2. The molecule has 1 aliphatic heterocycles. The van der Waals surface area contributed by atoms with Gasteiger partial charge in [0.1, 0.15) is 11.8 Å². The molecule has 2 atom stereocenters. The largest absolute Gasteiger partial charge is 0.435 e. The molecule has 1 fully saturated rings. The molecule has 1 amide bonds. The van der Waals surface area contributed by atoms with Crippen LogP contribution in [0.3, 0.4) is 0 Å². The second-order valence-corrected chi connectivity index (χ2v) is 7.51. The zero-order valence-corrected chi connectivity index (χ0v) is 15.5. The summed E-state index contributed by atoms with van der Waals surface area (Å²) in [4.78, 5) is 14.5. The molecule has 0 unspecified atom stereocenters. The minimum absolute atomic E-state index is 0.00445. The van der Waals surface area contributed by atoms with E-state index in [2.05, 4.69) is 10.1 Å². The predicted octanol–water partition coefficient (Wildman–Crippen LogP) is 3.50. The fourth-order valence-corrected chi connectivity index (χ4v) is 4.32. The summed E-state index contributed by atoms with van der Waals surface area (Å²) in [5.41, 5.74) is 1.91. The molecule has 3 rings (SSSR count). The number of hydrogen-bond donors (Lipinski definition) is 1. The minimum Gasteiger partial charge on any atom is -0.435 e. The van der Waals surface area contributed by atoms with Gasteiger partial charge in [0.2, 0.25) is 0 Å². The highest BCUT2D eigenvalue weighted by Crippen LogP contribution is 2.38. The molecule has 1 saturated heterocycles. The van der Waals surface area contributed by atoms with Crippen molar-refractivity contribution in [3.8, 4) is 5.75 Å². The van der Waals surface area contributed by atoms with E-state index in [4.69, 9.17) is 12.2 Å². The Hall–Kier alpha value is -1.41. The summed E-state index contributed by atoms with van der Waals surface area (Å²) in [5, 5.41) is 3.58. The van der Waals surface area contributed by atoms with Crippen LogP contribution in [0.25, 0.3) is 0 Å². The lowest BCUT2D eigenvalue weighted by molar-refractivity contribution is -0.128. The number of aryl methyl sites for hydroxylation is 1. The number of nitrogens with zero attached hydrogens (tertiary/aromatic N) is 1. The van der Waals surface area contributed by atoms with Gasteiger partial charge in [0.05, 0.1) is 6.04 Å². The zero-order chi connectivity index (χ0) is 18.0. The van der Waals surface area contributed by atoms with Crippen molar-refractivity contribution in [1.29, 1.82) is 0 Å². The SMILES string of the molecule is CSCC[C@H]1NC(=S)N([C@@H]2CCCc3cc(OC(F)F)ccc32)C1=O. The normalized spacial score (nSPS) is 23.0. The van der Waals surface area contributed by atoms with Crippen molar-refractivity contribution in [2.45, 2.75) is 44.4 Å². The topological polar surface area (TPSA) is 41.6 Å². The van der Waals surface area contributed by atoms with Crippen LogP contribution in [-0.2, 0) is 11.2 Å². The number of hydrogen-bond acceptors (Lipinski definition) is 4. The maximum Gasteiger partial charge on any atom is 0.387 e. The fourth-order valence-electron chi connectivity index (χ4n) is 3.48. The van der Waals surface area contributed by atoms with Gasteiger partial charge in [-0.3, -0.25) is 9.69 Å². The van der Waals surface area contributed by atoms with E-state index in [1.165, 1.54) is 6.07 Å². The first kappa shape index (κ1) is 18.4. The molecule has 8 heteroatoms. The van der Waals surface area contributed by atoms with Gasteiger partial charge >= 0.3 is 6.61 Å². The monoisotopic (exact) mass is 386 g/mol. The lowest BCUT2D eigenvalue weighted by atomic mass is 9.86. The maximum absolute atomic E-state index is 12.8. The van der Waals surface area contributed by atoms with Gasteiger partial charge in [0.15, 0.2) is 5.11 Å². The van der Waals surface area contributed by atoms with Crippen molar-refractivity contribution in [3.63, 3.8) is 0 Å². The molecule has 4 nitrogen and oxygen atoms in total. The standard InChI is InChI=1S/C17H20F2N2O2S2/c1-25-8-7-13-15(22)21(17(24)20-13)14-4-2-3-10-9-11(23-16(18)19)5-6-12(10)14/h5-6,9,13-14,16H,2-4,7-8H2,1H3,(H,20,24)/t13-,14-/m1/s1. The molecule has 0 saturated carbocycles. The Morgan fingerprint density at radius 3 is 3.00 bits per heavy atom. The smallest absolute Gasteiger partial charge is 0.387 e. The van der Waals surface area contributed by atoms with E-state index in [9.17, 15) is 13.6 Å². The van der Waals surface area contributed by atoms with Crippen LogP contribution in [0.2, 0.25) is 0 Å². The lowest BCUT2D eigenvalue weighted by Gasteiger charge is -2.32. The van der Waals surface area contributed by atoms with Crippen LogP contribution >= 0.6 is 24.0 Å². The van der Waals surface area contributed by atoms with Crippen molar-refractivity contribution < 1.29 is 18.3 Å². The van der Waals surface area contributed by atoms with Gasteiger partial charge in [-0.15, -0.1) is 0 Å². The summed E-state index contributed by atoms with van der Waals surface area (Å²) in [6.07, 6.45) is 5.20. The highest BCUT2D eigenvalue weighted by Gasteiger charge is 2.41. The molecule has 1 aliphatic carbocycles. The Morgan fingerprint density at radius 2 is 2.28 bits per heavy atom. The molecule has 0 bridgehead atoms. The third kappa shape index (κ3) is 3.89. The third-order valence-electron chi connectivity index (χ3n) is 4.60. The van der Waals surface area contributed by atoms with Gasteiger partial charge < -0.3 is 10.1 Å². The molecule has 1 aromatic carbocycles. The van der Waals surface area contributed by atoms with E-state index < -0.39 is 6.61 Å². The van der Waals surface area contributed by atoms with Crippen LogP contribution in [0.4, 0.5) is 8.78 Å². The highest BCUT2D eigenvalue weighted by molar-refractivity contribution is 7.98. The first-order valence-corrected chi connectivity index (χ1v) is 10.0. The number of alkyl halides is 2. The number of carbonyl (C=O) groups excluding carboxylic acids is 1. The molecule has 136 valence electrons. The van der Waals surface area contributed by atoms with Crippen molar-refractivity contribution >= 4 is 35.0 Å². The van der Waals surface area contributed by atoms with Gasteiger partial charge in [0.25, 0.3) is 5.91 Å². The number of amides is 1. The van der Waals surface area contributed by atoms with Gasteiger partial charge in [-0.05, 0) is 73.2 Å². The fraction of sp³-hybridized carbons (Fsp3) is 0.529. The van der Waals surface area contributed by atoms with Crippen molar-refractivity contribution in [2.24, 2.45) is 0 Å². The van der Waals surface area contributed by atoms with E-state index in [0.717, 1.165) is 42.6 Å². The van der Waals surface area contributed by atoms with Crippen LogP contribution < -0.4 is 10.1 Å². The van der Waals surface area contributed by atoms with E-state index >= 15 is 0 Å². The lowest BCUT2D eigenvalue weighted by Crippen LogP contribution is -2.37.